The number of unbranched alkanes of at least 4 members (excludes halogenated alkanes) is 4. The van der Waals surface area contributed by atoms with E-state index in [1.165, 1.54) is 37.7 Å². The van der Waals surface area contributed by atoms with E-state index in [2.05, 4.69) is 26.0 Å². The molecular formula is C17H29Cl2N. The lowest BCUT2D eigenvalue weighted by molar-refractivity contribution is 0.451. The quantitative estimate of drug-likeness (QED) is 0.493. The van der Waals surface area contributed by atoms with Gasteiger partial charge in [-0.1, -0.05) is 63.3 Å². The van der Waals surface area contributed by atoms with Gasteiger partial charge in [0.05, 0.1) is 4.87 Å². The largest absolute Gasteiger partial charge is 0.326 e. The summed E-state index contributed by atoms with van der Waals surface area (Å²) in [5.41, 5.74) is 8.72. The number of nitrogens with two attached hydrogens (primary N) is 1. The van der Waals surface area contributed by atoms with Crippen LogP contribution in [0.4, 0.5) is 0 Å². The van der Waals surface area contributed by atoms with Crippen LogP contribution in [-0.4, -0.2) is 6.04 Å². The minimum atomic E-state index is -0.462. The summed E-state index contributed by atoms with van der Waals surface area (Å²) >= 11 is 6.73. The summed E-state index contributed by atoms with van der Waals surface area (Å²) in [5, 5.41) is 0. The summed E-state index contributed by atoms with van der Waals surface area (Å²) in [4.78, 5) is -0.462. The number of alkyl halides is 1. The lowest BCUT2D eigenvalue weighted by Gasteiger charge is -2.31. The average Bonchev–Trinajstić information content (AvgIpc) is 2.38. The zero-order valence-corrected chi connectivity index (χ0v) is 14.6. The van der Waals surface area contributed by atoms with Crippen LogP contribution < -0.4 is 5.73 Å². The van der Waals surface area contributed by atoms with Gasteiger partial charge in [-0.05, 0) is 31.4 Å². The smallest absolute Gasteiger partial charge is 0.0819 e. The fourth-order valence-electron chi connectivity index (χ4n) is 2.56. The number of halogens is 2. The molecule has 0 aliphatic heterocycles. The minimum absolute atomic E-state index is 0. The maximum absolute atomic E-state index is 6.73. The maximum Gasteiger partial charge on any atom is 0.0819 e. The molecule has 0 fully saturated rings. The zero-order chi connectivity index (χ0) is 14.3. The van der Waals surface area contributed by atoms with Crippen molar-refractivity contribution < 1.29 is 0 Å². The molecule has 1 aromatic rings. The summed E-state index contributed by atoms with van der Waals surface area (Å²) < 4.78 is 0. The van der Waals surface area contributed by atoms with E-state index < -0.39 is 4.87 Å². The molecule has 0 bridgehead atoms. The van der Waals surface area contributed by atoms with Crippen molar-refractivity contribution in [3.05, 3.63) is 35.4 Å². The Hall–Kier alpha value is -0.240. The summed E-state index contributed by atoms with van der Waals surface area (Å²) in [6.07, 6.45) is 7.36. The normalized spacial score (nSPS) is 15.2. The minimum Gasteiger partial charge on any atom is -0.326 e. The third-order valence-electron chi connectivity index (χ3n) is 3.99. The Morgan fingerprint density at radius 3 is 2.35 bits per heavy atom. The van der Waals surface area contributed by atoms with Gasteiger partial charge >= 0.3 is 0 Å². The molecule has 2 unspecified atom stereocenters. The number of hydrogen-bond donors (Lipinski definition) is 1. The van der Waals surface area contributed by atoms with Crippen LogP contribution in [0.15, 0.2) is 24.3 Å². The molecule has 116 valence electrons. The molecule has 0 heterocycles. The van der Waals surface area contributed by atoms with Gasteiger partial charge in [0.25, 0.3) is 0 Å². The second kappa shape index (κ2) is 9.65. The first-order chi connectivity index (χ1) is 9.00. The van der Waals surface area contributed by atoms with Crippen molar-refractivity contribution >= 4 is 24.0 Å². The van der Waals surface area contributed by atoms with Gasteiger partial charge in [0.15, 0.2) is 0 Å². The van der Waals surface area contributed by atoms with Crippen LogP contribution >= 0.6 is 24.0 Å². The number of rotatable bonds is 8. The Bertz CT molecular complexity index is 377. The highest BCUT2D eigenvalue weighted by molar-refractivity contribution is 6.24. The van der Waals surface area contributed by atoms with E-state index in [1.807, 2.05) is 19.1 Å². The van der Waals surface area contributed by atoms with Crippen molar-refractivity contribution in [2.75, 3.05) is 0 Å². The van der Waals surface area contributed by atoms with Crippen LogP contribution in [-0.2, 0) is 4.87 Å². The topological polar surface area (TPSA) is 26.0 Å². The molecule has 0 aliphatic carbocycles. The van der Waals surface area contributed by atoms with Crippen LogP contribution in [0.1, 0.15) is 63.5 Å². The number of hydrogen-bond acceptors (Lipinski definition) is 1. The molecule has 0 radical (unpaired) electrons. The molecule has 0 amide bonds. The molecule has 2 N–H and O–H groups in total. The van der Waals surface area contributed by atoms with E-state index in [1.54, 1.807) is 0 Å². The number of benzene rings is 1. The predicted octanol–water partition coefficient (Wildman–Crippen LogP) is 5.56. The molecule has 1 nitrogen and oxygen atoms in total. The Morgan fingerprint density at radius 1 is 1.15 bits per heavy atom. The first-order valence-corrected chi connectivity index (χ1v) is 7.88. The molecule has 0 spiro atoms. The molecule has 0 aromatic heterocycles. The van der Waals surface area contributed by atoms with Crippen molar-refractivity contribution in [2.45, 2.75) is 70.2 Å². The van der Waals surface area contributed by atoms with E-state index in [-0.39, 0.29) is 18.4 Å². The van der Waals surface area contributed by atoms with Gasteiger partial charge in [-0.3, -0.25) is 0 Å². The van der Waals surface area contributed by atoms with E-state index in [0.29, 0.717) is 0 Å². The molecule has 3 heteroatoms. The van der Waals surface area contributed by atoms with E-state index in [4.69, 9.17) is 17.3 Å². The lowest BCUT2D eigenvalue weighted by atomic mass is 9.87. The summed E-state index contributed by atoms with van der Waals surface area (Å²) in [5.74, 6) is 0. The van der Waals surface area contributed by atoms with Crippen molar-refractivity contribution in [1.82, 2.24) is 0 Å². The Labute approximate surface area is 135 Å². The third kappa shape index (κ3) is 5.63. The molecular weight excluding hydrogens is 289 g/mol. The fraction of sp³-hybridized carbons (Fsp3) is 0.647. The molecule has 20 heavy (non-hydrogen) atoms. The number of aryl methyl sites for hydroxylation is 1. The molecule has 0 saturated carbocycles. The van der Waals surface area contributed by atoms with E-state index in [9.17, 15) is 0 Å². The molecule has 0 saturated heterocycles. The molecule has 1 aromatic carbocycles. The maximum atomic E-state index is 6.73. The SMILES string of the molecule is CCCCCCCC(N)C(C)(Cl)c1ccccc1C.Cl. The monoisotopic (exact) mass is 317 g/mol. The summed E-state index contributed by atoms with van der Waals surface area (Å²) in [6.45, 7) is 6.39. The van der Waals surface area contributed by atoms with E-state index in [0.717, 1.165) is 12.0 Å². The van der Waals surface area contributed by atoms with Gasteiger partial charge in [-0.25, -0.2) is 0 Å². The lowest BCUT2D eigenvalue weighted by Crippen LogP contribution is -2.39. The van der Waals surface area contributed by atoms with Gasteiger partial charge in [0.1, 0.15) is 0 Å². The van der Waals surface area contributed by atoms with Crippen LogP contribution in [0, 0.1) is 6.92 Å². The Kier molecular flexibility index (Phi) is 9.54. The fourth-order valence-corrected chi connectivity index (χ4v) is 2.88. The highest BCUT2D eigenvalue weighted by Gasteiger charge is 2.31. The van der Waals surface area contributed by atoms with Crippen LogP contribution in [0.25, 0.3) is 0 Å². The Morgan fingerprint density at radius 2 is 1.75 bits per heavy atom. The second-order valence-electron chi connectivity index (χ2n) is 5.70. The van der Waals surface area contributed by atoms with Crippen molar-refractivity contribution in [2.24, 2.45) is 5.73 Å². The van der Waals surface area contributed by atoms with Crippen LogP contribution in [0.5, 0.6) is 0 Å². The van der Waals surface area contributed by atoms with Gasteiger partial charge in [0, 0.05) is 6.04 Å². The van der Waals surface area contributed by atoms with Gasteiger partial charge in [0.2, 0.25) is 0 Å². The highest BCUT2D eigenvalue weighted by Crippen LogP contribution is 2.35. The highest BCUT2D eigenvalue weighted by atomic mass is 35.5. The van der Waals surface area contributed by atoms with Crippen molar-refractivity contribution in [3.8, 4) is 0 Å². The first-order valence-electron chi connectivity index (χ1n) is 7.50. The second-order valence-corrected chi connectivity index (χ2v) is 6.49. The predicted molar refractivity (Wildman–Crippen MR) is 93.0 cm³/mol. The molecule has 0 aliphatic rings. The average molecular weight is 318 g/mol. The van der Waals surface area contributed by atoms with Crippen molar-refractivity contribution in [1.29, 1.82) is 0 Å². The van der Waals surface area contributed by atoms with Crippen molar-refractivity contribution in [3.63, 3.8) is 0 Å². The van der Waals surface area contributed by atoms with Gasteiger partial charge in [-0.15, -0.1) is 24.0 Å². The van der Waals surface area contributed by atoms with Gasteiger partial charge in [-0.2, -0.15) is 0 Å². The summed E-state index contributed by atoms with van der Waals surface area (Å²) in [7, 11) is 0. The van der Waals surface area contributed by atoms with Crippen LogP contribution in [0.2, 0.25) is 0 Å². The van der Waals surface area contributed by atoms with E-state index >= 15 is 0 Å². The third-order valence-corrected chi connectivity index (χ3v) is 4.47. The standard InChI is InChI=1S/C17H28ClN.ClH/c1-4-5-6-7-8-13-16(19)17(3,18)15-12-10-9-11-14(15)2;/h9-12,16H,4-8,13,19H2,1-3H3;1H. The molecule has 1 rings (SSSR count). The Balaban J connectivity index is 0.00000361. The molecule has 2 atom stereocenters. The van der Waals surface area contributed by atoms with Gasteiger partial charge < -0.3 is 5.73 Å². The van der Waals surface area contributed by atoms with Crippen LogP contribution in [0.3, 0.4) is 0 Å². The summed E-state index contributed by atoms with van der Waals surface area (Å²) in [6, 6.07) is 8.29. The first kappa shape index (κ1) is 19.8. The zero-order valence-electron chi connectivity index (χ0n) is 13.0.